The molecule has 0 fully saturated rings. The average molecular weight is 291 g/mol. The average Bonchev–Trinajstić information content (AvgIpc) is 2.33. The molecule has 0 atom stereocenters. The van der Waals surface area contributed by atoms with Crippen LogP contribution in [0.2, 0.25) is 0 Å². The molecule has 21 heavy (non-hydrogen) atoms. The molecule has 0 saturated carbocycles. The monoisotopic (exact) mass is 291 g/mol. The van der Waals surface area contributed by atoms with E-state index in [1.165, 1.54) is 0 Å². The number of amides is 1. The summed E-state index contributed by atoms with van der Waals surface area (Å²) in [5.74, 6) is -0.872. The van der Waals surface area contributed by atoms with Gasteiger partial charge in [-0.3, -0.25) is 4.79 Å². The van der Waals surface area contributed by atoms with E-state index in [4.69, 9.17) is 9.84 Å². The topological polar surface area (TPSA) is 75.6 Å². The van der Waals surface area contributed by atoms with Crippen LogP contribution in [0.5, 0.6) is 0 Å². The van der Waals surface area contributed by atoms with E-state index >= 15 is 0 Å². The molecule has 1 amide bonds. The van der Waals surface area contributed by atoms with Crippen LogP contribution < -0.4 is 5.32 Å². The summed E-state index contributed by atoms with van der Waals surface area (Å²) in [5, 5.41) is 11.5. The Bertz CT molecular complexity index is 529. The van der Waals surface area contributed by atoms with Crippen LogP contribution in [-0.4, -0.2) is 29.3 Å². The van der Waals surface area contributed by atoms with Crippen LogP contribution in [-0.2, 0) is 16.0 Å². The molecule has 0 saturated heterocycles. The third-order valence-corrected chi connectivity index (χ3v) is 2.46. The van der Waals surface area contributed by atoms with Crippen molar-refractivity contribution in [2.45, 2.75) is 32.8 Å². The fourth-order valence-corrected chi connectivity index (χ4v) is 1.66. The van der Waals surface area contributed by atoms with E-state index in [1.54, 1.807) is 45.1 Å². The minimum Gasteiger partial charge on any atom is -0.481 e. The van der Waals surface area contributed by atoms with Crippen LogP contribution >= 0.6 is 0 Å². The molecule has 0 aliphatic heterocycles. The number of hydrogen-bond acceptors (Lipinski definition) is 3. The lowest BCUT2D eigenvalue weighted by atomic mass is 10.0. The Hall–Kier alpha value is -2.30. The van der Waals surface area contributed by atoms with E-state index in [1.807, 2.05) is 12.1 Å². The number of hydrogen-bond donors (Lipinski definition) is 2. The fraction of sp³-hybridized carbons (Fsp3) is 0.375. The molecule has 5 heteroatoms. The van der Waals surface area contributed by atoms with Gasteiger partial charge in [0, 0.05) is 6.54 Å². The molecule has 0 unspecified atom stereocenters. The number of carbonyl (C=O) groups is 2. The maximum absolute atomic E-state index is 11.4. The Balaban J connectivity index is 2.54. The summed E-state index contributed by atoms with van der Waals surface area (Å²) in [7, 11) is 0. The summed E-state index contributed by atoms with van der Waals surface area (Å²) in [5.41, 5.74) is 1.03. The van der Waals surface area contributed by atoms with Crippen molar-refractivity contribution < 1.29 is 19.4 Å². The molecule has 5 nitrogen and oxygen atoms in total. The Morgan fingerprint density at radius 2 is 1.95 bits per heavy atom. The van der Waals surface area contributed by atoms with Crippen molar-refractivity contribution in [2.24, 2.45) is 0 Å². The van der Waals surface area contributed by atoms with E-state index < -0.39 is 17.7 Å². The van der Waals surface area contributed by atoms with Crippen molar-refractivity contribution in [3.63, 3.8) is 0 Å². The summed E-state index contributed by atoms with van der Waals surface area (Å²) in [6.45, 7) is 5.70. The summed E-state index contributed by atoms with van der Waals surface area (Å²) in [6, 6.07) is 7.25. The maximum atomic E-state index is 11.4. The second-order valence-electron chi connectivity index (χ2n) is 5.55. The number of nitrogens with one attached hydrogen (secondary N) is 1. The lowest BCUT2D eigenvalue weighted by Crippen LogP contribution is -2.32. The Kier molecular flexibility index (Phi) is 5.96. The number of rotatable bonds is 5. The molecule has 2 N–H and O–H groups in total. The molecule has 1 aromatic rings. The molecule has 0 spiro atoms. The smallest absolute Gasteiger partial charge is 0.407 e. The molecular formula is C16H21NO4. The van der Waals surface area contributed by atoms with Gasteiger partial charge in [-0.05, 0) is 31.9 Å². The number of carbonyl (C=O) groups excluding carboxylic acids is 1. The first kappa shape index (κ1) is 16.8. The normalized spacial score (nSPS) is 11.4. The largest absolute Gasteiger partial charge is 0.481 e. The predicted molar refractivity (Wildman–Crippen MR) is 81.1 cm³/mol. The van der Waals surface area contributed by atoms with Crippen molar-refractivity contribution in [2.75, 3.05) is 6.54 Å². The van der Waals surface area contributed by atoms with Crippen molar-refractivity contribution >= 4 is 18.1 Å². The summed E-state index contributed by atoms with van der Waals surface area (Å²) < 4.78 is 5.10. The predicted octanol–water partition coefficient (Wildman–Crippen LogP) is 2.85. The molecule has 0 heterocycles. The Labute approximate surface area is 124 Å². The summed E-state index contributed by atoms with van der Waals surface area (Å²) in [4.78, 5) is 22.2. The molecule has 0 aromatic heterocycles. The van der Waals surface area contributed by atoms with Crippen LogP contribution in [0, 0.1) is 0 Å². The highest BCUT2D eigenvalue weighted by Crippen LogP contribution is 2.11. The lowest BCUT2D eigenvalue weighted by Gasteiger charge is -2.19. The fourth-order valence-electron chi connectivity index (χ4n) is 1.66. The van der Waals surface area contributed by atoms with E-state index in [9.17, 15) is 9.59 Å². The van der Waals surface area contributed by atoms with Crippen LogP contribution in [0.15, 0.2) is 30.3 Å². The molecular weight excluding hydrogens is 270 g/mol. The van der Waals surface area contributed by atoms with Gasteiger partial charge in [-0.25, -0.2) is 4.79 Å². The van der Waals surface area contributed by atoms with Gasteiger partial charge in [0.1, 0.15) is 5.60 Å². The van der Waals surface area contributed by atoms with Crippen molar-refractivity contribution in [3.8, 4) is 0 Å². The quantitative estimate of drug-likeness (QED) is 0.874. The van der Waals surface area contributed by atoms with Crippen molar-refractivity contribution in [1.29, 1.82) is 0 Å². The summed E-state index contributed by atoms with van der Waals surface area (Å²) in [6.07, 6.45) is 3.03. The van der Waals surface area contributed by atoms with E-state index in [0.29, 0.717) is 6.54 Å². The molecule has 114 valence electrons. The highest BCUT2D eigenvalue weighted by Gasteiger charge is 2.14. The Morgan fingerprint density at radius 3 is 2.57 bits per heavy atom. The maximum Gasteiger partial charge on any atom is 0.407 e. The van der Waals surface area contributed by atoms with Crippen LogP contribution in [0.1, 0.15) is 31.9 Å². The first-order valence-electron chi connectivity index (χ1n) is 6.71. The number of carboxylic acids is 1. The van der Waals surface area contributed by atoms with E-state index in [2.05, 4.69) is 5.32 Å². The van der Waals surface area contributed by atoms with Crippen molar-refractivity contribution in [3.05, 3.63) is 41.5 Å². The van der Waals surface area contributed by atoms with E-state index in [-0.39, 0.29) is 6.42 Å². The van der Waals surface area contributed by atoms with Gasteiger partial charge in [-0.15, -0.1) is 0 Å². The SMILES string of the molecule is CC(C)(C)OC(=O)NCC=Cc1ccccc1CC(=O)O. The molecule has 0 aliphatic rings. The number of ether oxygens (including phenoxy) is 1. The van der Waals surface area contributed by atoms with Gasteiger partial charge < -0.3 is 15.2 Å². The molecule has 0 radical (unpaired) electrons. The summed E-state index contributed by atoms with van der Waals surface area (Å²) >= 11 is 0. The zero-order valence-electron chi connectivity index (χ0n) is 12.6. The van der Waals surface area contributed by atoms with Gasteiger partial charge in [0.05, 0.1) is 6.42 Å². The highest BCUT2D eigenvalue weighted by atomic mass is 16.6. The minimum absolute atomic E-state index is 0.0278. The van der Waals surface area contributed by atoms with Crippen molar-refractivity contribution in [1.82, 2.24) is 5.32 Å². The zero-order valence-corrected chi connectivity index (χ0v) is 12.6. The van der Waals surface area contributed by atoms with Gasteiger partial charge in [0.15, 0.2) is 0 Å². The second kappa shape index (κ2) is 7.47. The highest BCUT2D eigenvalue weighted by molar-refractivity contribution is 5.72. The lowest BCUT2D eigenvalue weighted by molar-refractivity contribution is -0.136. The van der Waals surface area contributed by atoms with Gasteiger partial charge >= 0.3 is 12.1 Å². The number of carboxylic acid groups (broad SMARTS) is 1. The first-order chi connectivity index (χ1) is 9.78. The minimum atomic E-state index is -0.872. The Morgan fingerprint density at radius 1 is 1.29 bits per heavy atom. The van der Waals surface area contributed by atoms with Gasteiger partial charge in [-0.1, -0.05) is 36.4 Å². The van der Waals surface area contributed by atoms with Crippen LogP contribution in [0.3, 0.4) is 0 Å². The molecule has 0 aliphatic carbocycles. The molecule has 1 rings (SSSR count). The second-order valence-corrected chi connectivity index (χ2v) is 5.55. The standard InChI is InChI=1S/C16H21NO4/c1-16(2,3)21-15(20)17-10-6-9-12-7-4-5-8-13(12)11-14(18)19/h4-9H,10-11H2,1-3H3,(H,17,20)(H,18,19). The van der Waals surface area contributed by atoms with Crippen LogP contribution in [0.25, 0.3) is 6.08 Å². The third kappa shape index (κ3) is 7.15. The first-order valence-corrected chi connectivity index (χ1v) is 6.71. The number of benzene rings is 1. The number of alkyl carbamates (subject to hydrolysis) is 1. The van der Waals surface area contributed by atoms with Gasteiger partial charge in [-0.2, -0.15) is 0 Å². The van der Waals surface area contributed by atoms with Gasteiger partial charge in [0.25, 0.3) is 0 Å². The number of aliphatic carboxylic acids is 1. The third-order valence-electron chi connectivity index (χ3n) is 2.46. The molecule has 1 aromatic carbocycles. The van der Waals surface area contributed by atoms with Gasteiger partial charge in [0.2, 0.25) is 0 Å². The van der Waals surface area contributed by atoms with Crippen LogP contribution in [0.4, 0.5) is 4.79 Å². The molecule has 0 bridgehead atoms. The van der Waals surface area contributed by atoms with E-state index in [0.717, 1.165) is 11.1 Å². The zero-order chi connectivity index (χ0) is 15.9.